The Balaban J connectivity index is 0. The summed E-state index contributed by atoms with van der Waals surface area (Å²) in [5.41, 5.74) is 0. The predicted molar refractivity (Wildman–Crippen MR) is 24.2 cm³/mol. The Kier molecular flexibility index (Phi) is 9.67. The SMILES string of the molecule is CCN(C)C.[Hf]. The van der Waals surface area contributed by atoms with Crippen LogP contribution in [0.1, 0.15) is 6.92 Å². The molecule has 0 atom stereocenters. The van der Waals surface area contributed by atoms with Crippen LogP contribution in [-0.4, -0.2) is 25.5 Å². The summed E-state index contributed by atoms with van der Waals surface area (Å²) < 4.78 is 0. The van der Waals surface area contributed by atoms with Gasteiger partial charge in [0.1, 0.15) is 0 Å². The second-order valence-corrected chi connectivity index (χ2v) is 1.40. The molecule has 0 aromatic rings. The van der Waals surface area contributed by atoms with E-state index in [0.29, 0.717) is 0 Å². The number of hydrogen-bond donors (Lipinski definition) is 0. The zero-order valence-electron chi connectivity index (χ0n) is 4.65. The van der Waals surface area contributed by atoms with E-state index in [1.165, 1.54) is 0 Å². The standard InChI is InChI=1S/C4H11N.Hf/c1-4-5(2)3;/h4H2,1-3H3;. The van der Waals surface area contributed by atoms with Gasteiger partial charge >= 0.3 is 0 Å². The van der Waals surface area contributed by atoms with Crippen LogP contribution in [0.2, 0.25) is 0 Å². The Morgan fingerprint density at radius 3 is 1.50 bits per heavy atom. The van der Waals surface area contributed by atoms with Crippen molar-refractivity contribution in [2.75, 3.05) is 20.6 Å². The van der Waals surface area contributed by atoms with Crippen molar-refractivity contribution in [1.29, 1.82) is 0 Å². The van der Waals surface area contributed by atoms with Gasteiger partial charge in [0.2, 0.25) is 0 Å². The van der Waals surface area contributed by atoms with Gasteiger partial charge in [-0.1, -0.05) is 6.92 Å². The molecule has 0 saturated heterocycles. The smallest absolute Gasteiger partial charge is 0 e. The van der Waals surface area contributed by atoms with Crippen molar-refractivity contribution in [1.82, 2.24) is 4.90 Å². The Morgan fingerprint density at radius 2 is 1.50 bits per heavy atom. The second-order valence-electron chi connectivity index (χ2n) is 1.40. The monoisotopic (exact) mass is 253 g/mol. The van der Waals surface area contributed by atoms with Crippen LogP contribution in [0, 0.1) is 0 Å². The molecular weight excluding hydrogens is 241 g/mol. The second kappa shape index (κ2) is 5.83. The van der Waals surface area contributed by atoms with E-state index in [4.69, 9.17) is 0 Å². The first-order chi connectivity index (χ1) is 2.27. The van der Waals surface area contributed by atoms with Gasteiger partial charge in [0, 0.05) is 25.8 Å². The molecule has 0 aliphatic heterocycles. The minimum Gasteiger partial charge on any atom is -0.310 e. The fraction of sp³-hybridized carbons (Fsp3) is 1.00. The summed E-state index contributed by atoms with van der Waals surface area (Å²) >= 11 is 0. The van der Waals surface area contributed by atoms with Crippen molar-refractivity contribution in [2.24, 2.45) is 0 Å². The summed E-state index contributed by atoms with van der Waals surface area (Å²) in [7, 11) is 4.11. The average Bonchev–Trinajstić information content (AvgIpc) is 1.38. The van der Waals surface area contributed by atoms with Gasteiger partial charge in [-0.3, -0.25) is 0 Å². The van der Waals surface area contributed by atoms with Gasteiger partial charge in [-0.25, -0.2) is 0 Å². The maximum atomic E-state index is 2.12. The largest absolute Gasteiger partial charge is 0.310 e. The molecule has 0 aliphatic carbocycles. The van der Waals surface area contributed by atoms with Gasteiger partial charge in [0.25, 0.3) is 0 Å². The van der Waals surface area contributed by atoms with Crippen molar-refractivity contribution >= 4 is 0 Å². The Morgan fingerprint density at radius 1 is 1.33 bits per heavy atom. The molecule has 0 aliphatic rings. The molecular formula is C4H11HfN. The molecule has 36 valence electrons. The van der Waals surface area contributed by atoms with Crippen molar-refractivity contribution < 1.29 is 25.8 Å². The van der Waals surface area contributed by atoms with E-state index in [9.17, 15) is 0 Å². The quantitative estimate of drug-likeness (QED) is 0.616. The van der Waals surface area contributed by atoms with Gasteiger partial charge in [-0.2, -0.15) is 0 Å². The van der Waals surface area contributed by atoms with E-state index in [2.05, 4.69) is 25.9 Å². The van der Waals surface area contributed by atoms with Gasteiger partial charge in [0.05, 0.1) is 0 Å². The Bertz CT molecular complexity index is 21.5. The molecule has 0 bridgehead atoms. The number of rotatable bonds is 1. The first-order valence-corrected chi connectivity index (χ1v) is 1.92. The fourth-order valence-corrected chi connectivity index (χ4v) is 0. The predicted octanol–water partition coefficient (Wildman–Crippen LogP) is 0.565. The van der Waals surface area contributed by atoms with E-state index < -0.39 is 0 Å². The van der Waals surface area contributed by atoms with Crippen molar-refractivity contribution in [3.8, 4) is 0 Å². The van der Waals surface area contributed by atoms with Crippen LogP contribution >= 0.6 is 0 Å². The molecule has 1 nitrogen and oxygen atoms in total. The van der Waals surface area contributed by atoms with Gasteiger partial charge in [0.15, 0.2) is 0 Å². The van der Waals surface area contributed by atoms with Gasteiger partial charge < -0.3 is 4.90 Å². The molecule has 0 amide bonds. The maximum absolute atomic E-state index is 2.12. The molecule has 0 N–H and O–H groups in total. The third kappa shape index (κ3) is 8.85. The normalized spacial score (nSPS) is 8.00. The zero-order valence-corrected chi connectivity index (χ0v) is 8.25. The molecule has 0 aromatic heterocycles. The molecule has 0 unspecified atom stereocenters. The summed E-state index contributed by atoms with van der Waals surface area (Å²) in [5.74, 6) is 0. The fourth-order valence-electron chi connectivity index (χ4n) is 0. The zero-order chi connectivity index (χ0) is 4.28. The van der Waals surface area contributed by atoms with E-state index >= 15 is 0 Å². The van der Waals surface area contributed by atoms with E-state index in [1.54, 1.807) is 0 Å². The summed E-state index contributed by atoms with van der Waals surface area (Å²) in [4.78, 5) is 2.12. The van der Waals surface area contributed by atoms with Gasteiger partial charge in [-0.15, -0.1) is 0 Å². The van der Waals surface area contributed by atoms with Crippen molar-refractivity contribution in [2.45, 2.75) is 6.92 Å². The van der Waals surface area contributed by atoms with Crippen LogP contribution in [0.3, 0.4) is 0 Å². The van der Waals surface area contributed by atoms with E-state index in [0.717, 1.165) is 6.54 Å². The summed E-state index contributed by atoms with van der Waals surface area (Å²) in [6.07, 6.45) is 0. The number of hydrogen-bond acceptors (Lipinski definition) is 1. The molecule has 0 rings (SSSR count). The first kappa shape index (κ1) is 9.95. The third-order valence-corrected chi connectivity index (χ3v) is 0.632. The molecule has 2 heteroatoms. The summed E-state index contributed by atoms with van der Waals surface area (Å²) in [5, 5.41) is 0. The van der Waals surface area contributed by atoms with Crippen molar-refractivity contribution in [3.63, 3.8) is 0 Å². The summed E-state index contributed by atoms with van der Waals surface area (Å²) in [6, 6.07) is 0. The van der Waals surface area contributed by atoms with E-state index in [-0.39, 0.29) is 25.8 Å². The minimum atomic E-state index is 0. The molecule has 6 heavy (non-hydrogen) atoms. The molecule has 0 spiro atoms. The Labute approximate surface area is 58.5 Å². The third-order valence-electron chi connectivity index (χ3n) is 0.632. The number of nitrogens with zero attached hydrogens (tertiary/aromatic N) is 1. The topological polar surface area (TPSA) is 3.24 Å². The molecule has 0 aromatic carbocycles. The van der Waals surface area contributed by atoms with Gasteiger partial charge in [-0.05, 0) is 20.6 Å². The minimum absolute atomic E-state index is 0. The molecule has 0 heterocycles. The maximum Gasteiger partial charge on any atom is 0 e. The average molecular weight is 252 g/mol. The van der Waals surface area contributed by atoms with Crippen LogP contribution in [-0.2, 0) is 25.8 Å². The Hall–Kier alpha value is 0.830. The van der Waals surface area contributed by atoms with Crippen LogP contribution in [0.5, 0.6) is 0 Å². The van der Waals surface area contributed by atoms with Crippen LogP contribution in [0.15, 0.2) is 0 Å². The van der Waals surface area contributed by atoms with Crippen molar-refractivity contribution in [3.05, 3.63) is 0 Å². The molecule has 0 fully saturated rings. The van der Waals surface area contributed by atoms with Crippen LogP contribution < -0.4 is 0 Å². The van der Waals surface area contributed by atoms with E-state index in [1.807, 2.05) is 0 Å². The summed E-state index contributed by atoms with van der Waals surface area (Å²) in [6.45, 7) is 3.26. The van der Waals surface area contributed by atoms with Crippen LogP contribution in [0.25, 0.3) is 0 Å². The molecule has 0 radical (unpaired) electrons. The molecule has 0 saturated carbocycles. The first-order valence-electron chi connectivity index (χ1n) is 1.92. The van der Waals surface area contributed by atoms with Crippen LogP contribution in [0.4, 0.5) is 0 Å².